The minimum absolute atomic E-state index is 0.0272. The van der Waals surface area contributed by atoms with Crippen LogP contribution in [0.3, 0.4) is 0 Å². The second kappa shape index (κ2) is 4.89. The number of aromatic nitrogens is 1. The van der Waals surface area contributed by atoms with Crippen molar-refractivity contribution in [2.75, 3.05) is 0 Å². The number of pyridine rings is 1. The summed E-state index contributed by atoms with van der Waals surface area (Å²) in [5, 5.41) is 11.1. The molecule has 5 nitrogen and oxygen atoms in total. The van der Waals surface area contributed by atoms with Gasteiger partial charge < -0.3 is 15.7 Å². The van der Waals surface area contributed by atoms with Crippen LogP contribution in [0, 0.1) is 0 Å². The first-order chi connectivity index (χ1) is 7.84. The van der Waals surface area contributed by atoms with E-state index in [1.165, 1.54) is 18.2 Å². The lowest BCUT2D eigenvalue weighted by Gasteiger charge is -2.16. The largest absolute Gasteiger partial charge is 0.465 e. The third-order valence-electron chi connectivity index (χ3n) is 1.85. The topological polar surface area (TPSA) is 80.7 Å². The van der Waals surface area contributed by atoms with Gasteiger partial charge in [0.25, 0.3) is 0 Å². The molecule has 1 atom stereocenters. The van der Waals surface area contributed by atoms with Crippen LogP contribution >= 0.6 is 0 Å². The molecule has 3 N–H and O–H groups in total. The van der Waals surface area contributed by atoms with Gasteiger partial charge in [-0.2, -0.15) is 13.2 Å². The number of ether oxygens (including phenoxy) is 1. The number of halogens is 3. The zero-order chi connectivity index (χ0) is 13.1. The van der Waals surface area contributed by atoms with E-state index in [2.05, 4.69) is 14.9 Å². The molecule has 1 aromatic rings. The van der Waals surface area contributed by atoms with Crippen LogP contribution in [-0.2, 0) is 0 Å². The lowest BCUT2D eigenvalue weighted by Crippen LogP contribution is -2.31. The molecule has 1 aromatic heterocycles. The Morgan fingerprint density at radius 1 is 1.53 bits per heavy atom. The monoisotopic (exact) mass is 249 g/mol. The molecule has 1 rings (SSSR count). The molecule has 1 unspecified atom stereocenters. The first-order valence-electron chi connectivity index (χ1n) is 4.53. The van der Waals surface area contributed by atoms with Crippen LogP contribution in [0.25, 0.3) is 0 Å². The molecule has 94 valence electrons. The van der Waals surface area contributed by atoms with Gasteiger partial charge in [-0.05, 0) is 13.0 Å². The fourth-order valence-corrected chi connectivity index (χ4v) is 0.922. The predicted octanol–water partition coefficient (Wildman–Crippen LogP) is 1.51. The Kier molecular flexibility index (Phi) is 3.77. The van der Waals surface area contributed by atoms with Gasteiger partial charge in [-0.3, -0.25) is 0 Å². The number of rotatable bonds is 3. The molecule has 0 aliphatic carbocycles. The summed E-state index contributed by atoms with van der Waals surface area (Å²) in [6.45, 7) is 0.859. The molecule has 0 amide bonds. The van der Waals surface area contributed by atoms with Crippen molar-refractivity contribution >= 4 is 5.84 Å². The van der Waals surface area contributed by atoms with Gasteiger partial charge in [0, 0.05) is 6.07 Å². The van der Waals surface area contributed by atoms with Gasteiger partial charge in [-0.15, -0.1) is 0 Å². The molecule has 8 heteroatoms. The Labute approximate surface area is 94.7 Å². The fourth-order valence-electron chi connectivity index (χ4n) is 0.922. The van der Waals surface area contributed by atoms with Crippen molar-refractivity contribution in [3.63, 3.8) is 0 Å². The number of amidine groups is 1. The standard InChI is InChI=1S/C9H10F3N3O2/c1-5(9(10,11)12)17-7-4-2-3-6(14-7)8(13)15-16/h2-5,16H,1H3,(H2,13,15). The predicted molar refractivity (Wildman–Crippen MR) is 52.9 cm³/mol. The van der Waals surface area contributed by atoms with Crippen molar-refractivity contribution in [2.24, 2.45) is 10.9 Å². The Morgan fingerprint density at radius 3 is 2.71 bits per heavy atom. The number of oxime groups is 1. The number of alkyl halides is 3. The van der Waals surface area contributed by atoms with E-state index in [-0.39, 0.29) is 17.4 Å². The van der Waals surface area contributed by atoms with Gasteiger partial charge in [-0.1, -0.05) is 11.2 Å². The molecule has 0 aliphatic heterocycles. The van der Waals surface area contributed by atoms with Crippen molar-refractivity contribution in [2.45, 2.75) is 19.2 Å². The molecule has 0 fully saturated rings. The average Bonchev–Trinajstić information content (AvgIpc) is 2.27. The van der Waals surface area contributed by atoms with Crippen LogP contribution in [0.2, 0.25) is 0 Å². The Morgan fingerprint density at radius 2 is 2.18 bits per heavy atom. The van der Waals surface area contributed by atoms with Crippen molar-refractivity contribution < 1.29 is 23.1 Å². The number of nitrogens with zero attached hydrogens (tertiary/aromatic N) is 2. The second-order valence-electron chi connectivity index (χ2n) is 3.15. The van der Waals surface area contributed by atoms with E-state index in [1.54, 1.807) is 0 Å². The highest BCUT2D eigenvalue weighted by atomic mass is 19.4. The highest BCUT2D eigenvalue weighted by Gasteiger charge is 2.38. The van der Waals surface area contributed by atoms with E-state index >= 15 is 0 Å². The molecular weight excluding hydrogens is 239 g/mol. The van der Waals surface area contributed by atoms with Crippen LogP contribution in [0.1, 0.15) is 12.6 Å². The minimum Gasteiger partial charge on any atom is -0.465 e. The van der Waals surface area contributed by atoms with Crippen molar-refractivity contribution in [3.8, 4) is 5.88 Å². The zero-order valence-electron chi connectivity index (χ0n) is 8.77. The third kappa shape index (κ3) is 3.51. The summed E-state index contributed by atoms with van der Waals surface area (Å²) in [7, 11) is 0. The average molecular weight is 249 g/mol. The maximum absolute atomic E-state index is 12.2. The molecular formula is C9H10F3N3O2. The summed E-state index contributed by atoms with van der Waals surface area (Å²) in [6.07, 6.45) is -6.47. The summed E-state index contributed by atoms with van der Waals surface area (Å²) < 4.78 is 41.2. The first kappa shape index (κ1) is 13.1. The maximum atomic E-state index is 12.2. The molecule has 0 saturated carbocycles. The van der Waals surface area contributed by atoms with E-state index in [4.69, 9.17) is 10.9 Å². The maximum Gasteiger partial charge on any atom is 0.425 e. The Bertz CT molecular complexity index is 420. The smallest absolute Gasteiger partial charge is 0.425 e. The van der Waals surface area contributed by atoms with Crippen LogP contribution in [0.15, 0.2) is 23.4 Å². The van der Waals surface area contributed by atoms with E-state index in [0.29, 0.717) is 0 Å². The van der Waals surface area contributed by atoms with Crippen LogP contribution in [0.4, 0.5) is 13.2 Å². The van der Waals surface area contributed by atoms with Gasteiger partial charge in [0.2, 0.25) is 5.88 Å². The molecule has 0 bridgehead atoms. The highest BCUT2D eigenvalue weighted by molar-refractivity contribution is 5.95. The summed E-state index contributed by atoms with van der Waals surface area (Å²) in [5.41, 5.74) is 5.27. The molecule has 0 saturated heterocycles. The third-order valence-corrected chi connectivity index (χ3v) is 1.85. The normalized spacial score (nSPS) is 14.5. The van der Waals surface area contributed by atoms with E-state index in [1.807, 2.05) is 0 Å². The molecule has 1 heterocycles. The quantitative estimate of drug-likeness (QED) is 0.368. The summed E-state index contributed by atoms with van der Waals surface area (Å²) >= 11 is 0. The molecule has 0 spiro atoms. The summed E-state index contributed by atoms with van der Waals surface area (Å²) in [4.78, 5) is 3.66. The number of nitrogens with two attached hydrogens (primary N) is 1. The molecule has 17 heavy (non-hydrogen) atoms. The first-order valence-corrected chi connectivity index (χ1v) is 4.53. The second-order valence-corrected chi connectivity index (χ2v) is 3.15. The van der Waals surface area contributed by atoms with Gasteiger partial charge in [0.1, 0.15) is 5.69 Å². The van der Waals surface area contributed by atoms with Gasteiger partial charge in [0.05, 0.1) is 0 Å². The SMILES string of the molecule is CC(Oc1cccc(C(N)=NO)n1)C(F)(F)F. The number of hydrogen-bond acceptors (Lipinski definition) is 4. The van der Waals surface area contributed by atoms with Crippen LogP contribution in [0.5, 0.6) is 5.88 Å². The summed E-state index contributed by atoms with van der Waals surface area (Å²) in [5.74, 6) is -0.561. The molecule has 0 aromatic carbocycles. The van der Waals surface area contributed by atoms with E-state index < -0.39 is 12.3 Å². The Balaban J connectivity index is 2.87. The van der Waals surface area contributed by atoms with E-state index in [9.17, 15) is 13.2 Å². The summed E-state index contributed by atoms with van der Waals surface area (Å²) in [6, 6.07) is 4.01. The van der Waals surface area contributed by atoms with Crippen molar-refractivity contribution in [1.82, 2.24) is 4.98 Å². The van der Waals surface area contributed by atoms with Gasteiger partial charge >= 0.3 is 6.18 Å². The minimum atomic E-state index is -4.48. The Hall–Kier alpha value is -1.99. The molecule has 0 aliphatic rings. The van der Waals surface area contributed by atoms with E-state index in [0.717, 1.165) is 6.92 Å². The van der Waals surface area contributed by atoms with Gasteiger partial charge in [-0.25, -0.2) is 4.98 Å². The van der Waals surface area contributed by atoms with Gasteiger partial charge in [0.15, 0.2) is 11.9 Å². The molecule has 0 radical (unpaired) electrons. The fraction of sp³-hybridized carbons (Fsp3) is 0.333. The van der Waals surface area contributed by atoms with Crippen LogP contribution < -0.4 is 10.5 Å². The lowest BCUT2D eigenvalue weighted by molar-refractivity contribution is -0.189. The van der Waals surface area contributed by atoms with Crippen molar-refractivity contribution in [1.29, 1.82) is 0 Å². The highest BCUT2D eigenvalue weighted by Crippen LogP contribution is 2.23. The van der Waals surface area contributed by atoms with Crippen molar-refractivity contribution in [3.05, 3.63) is 23.9 Å². The lowest BCUT2D eigenvalue weighted by atomic mass is 10.3. The zero-order valence-corrected chi connectivity index (χ0v) is 8.77. The number of hydrogen-bond donors (Lipinski definition) is 2. The van der Waals surface area contributed by atoms with Crippen LogP contribution in [-0.4, -0.2) is 28.3 Å².